The Hall–Kier alpha value is -0.880. The predicted octanol–water partition coefficient (Wildman–Crippen LogP) is 1.28. The highest BCUT2D eigenvalue weighted by Gasteiger charge is 2.27. The number of aryl methyl sites for hydroxylation is 1. The molecule has 0 aromatic carbocycles. The van der Waals surface area contributed by atoms with Crippen LogP contribution in [0.4, 0.5) is 0 Å². The van der Waals surface area contributed by atoms with Gasteiger partial charge >= 0.3 is 0 Å². The molecule has 2 atom stereocenters. The summed E-state index contributed by atoms with van der Waals surface area (Å²) >= 11 is 0. The van der Waals surface area contributed by atoms with Crippen LogP contribution < -0.4 is 4.72 Å². The summed E-state index contributed by atoms with van der Waals surface area (Å²) in [5.41, 5.74) is 0. The van der Waals surface area contributed by atoms with Gasteiger partial charge in [0.2, 0.25) is 10.0 Å². The Labute approximate surface area is 102 Å². The first-order valence-corrected chi connectivity index (χ1v) is 7.48. The van der Waals surface area contributed by atoms with Crippen LogP contribution in [-0.4, -0.2) is 24.2 Å². The molecule has 2 rings (SSSR count). The predicted molar refractivity (Wildman–Crippen MR) is 64.9 cm³/mol. The van der Waals surface area contributed by atoms with E-state index in [1.165, 1.54) is 23.5 Å². The van der Waals surface area contributed by atoms with Crippen molar-refractivity contribution in [3.8, 4) is 0 Å². The average Bonchev–Trinajstić information content (AvgIpc) is 2.69. The highest BCUT2D eigenvalue weighted by Crippen LogP contribution is 2.25. The molecule has 1 aliphatic carbocycles. The molecule has 1 heterocycles. The van der Waals surface area contributed by atoms with E-state index in [0.29, 0.717) is 5.92 Å². The summed E-state index contributed by atoms with van der Waals surface area (Å²) in [6.45, 7) is 2.11. The largest absolute Gasteiger partial charge is 0.274 e. The highest BCUT2D eigenvalue weighted by atomic mass is 32.2. The van der Waals surface area contributed by atoms with Gasteiger partial charge in [0.25, 0.3) is 0 Å². The van der Waals surface area contributed by atoms with E-state index in [0.717, 1.165) is 19.3 Å². The summed E-state index contributed by atoms with van der Waals surface area (Å²) in [6.07, 6.45) is 7.24. The van der Waals surface area contributed by atoms with Crippen molar-refractivity contribution in [1.29, 1.82) is 0 Å². The third kappa shape index (κ3) is 2.87. The monoisotopic (exact) mass is 257 g/mol. The maximum absolute atomic E-state index is 12.1. The van der Waals surface area contributed by atoms with Crippen LogP contribution in [0.5, 0.6) is 0 Å². The topological polar surface area (TPSA) is 64.0 Å². The number of hydrogen-bond donors (Lipinski definition) is 1. The van der Waals surface area contributed by atoms with Crippen molar-refractivity contribution < 1.29 is 8.42 Å². The molecular formula is C11H19N3O2S. The smallest absolute Gasteiger partial charge is 0.243 e. The van der Waals surface area contributed by atoms with Crippen LogP contribution in [-0.2, 0) is 17.1 Å². The van der Waals surface area contributed by atoms with Gasteiger partial charge in [0.15, 0.2) is 0 Å². The molecule has 0 aliphatic heterocycles. The van der Waals surface area contributed by atoms with E-state index in [4.69, 9.17) is 0 Å². The van der Waals surface area contributed by atoms with Crippen molar-refractivity contribution in [1.82, 2.24) is 14.5 Å². The van der Waals surface area contributed by atoms with Gasteiger partial charge in [-0.2, -0.15) is 5.10 Å². The van der Waals surface area contributed by atoms with Crippen LogP contribution in [0.25, 0.3) is 0 Å². The second-order valence-corrected chi connectivity index (χ2v) is 6.55. The minimum atomic E-state index is -3.41. The van der Waals surface area contributed by atoms with Crippen molar-refractivity contribution in [3.63, 3.8) is 0 Å². The molecule has 1 saturated carbocycles. The lowest BCUT2D eigenvalue weighted by Gasteiger charge is -2.28. The third-order valence-electron chi connectivity index (χ3n) is 3.41. The Morgan fingerprint density at radius 2 is 2.12 bits per heavy atom. The summed E-state index contributed by atoms with van der Waals surface area (Å²) < 4.78 is 28.5. The van der Waals surface area contributed by atoms with Gasteiger partial charge in [0.1, 0.15) is 4.90 Å². The fraction of sp³-hybridized carbons (Fsp3) is 0.727. The zero-order valence-corrected chi connectivity index (χ0v) is 11.1. The minimum absolute atomic E-state index is 0.0638. The first-order chi connectivity index (χ1) is 7.99. The molecule has 96 valence electrons. The van der Waals surface area contributed by atoms with E-state index in [2.05, 4.69) is 16.7 Å². The van der Waals surface area contributed by atoms with Gasteiger partial charge in [-0.25, -0.2) is 13.1 Å². The van der Waals surface area contributed by atoms with E-state index in [1.54, 1.807) is 7.05 Å². The Bertz CT molecular complexity index is 481. The van der Waals surface area contributed by atoms with E-state index >= 15 is 0 Å². The van der Waals surface area contributed by atoms with Crippen molar-refractivity contribution in [2.24, 2.45) is 13.0 Å². The van der Waals surface area contributed by atoms with Crippen molar-refractivity contribution in [2.45, 2.75) is 43.5 Å². The zero-order valence-electron chi connectivity index (χ0n) is 10.3. The van der Waals surface area contributed by atoms with E-state index in [-0.39, 0.29) is 10.9 Å². The lowest BCUT2D eigenvalue weighted by Crippen LogP contribution is -2.40. The molecule has 0 bridgehead atoms. The summed E-state index contributed by atoms with van der Waals surface area (Å²) in [4.78, 5) is 0.248. The lowest BCUT2D eigenvalue weighted by molar-refractivity contribution is 0.310. The Morgan fingerprint density at radius 1 is 1.41 bits per heavy atom. The highest BCUT2D eigenvalue weighted by molar-refractivity contribution is 7.89. The molecule has 1 N–H and O–H groups in total. The van der Waals surface area contributed by atoms with E-state index in [9.17, 15) is 8.42 Å². The fourth-order valence-corrected chi connectivity index (χ4v) is 3.66. The molecular weight excluding hydrogens is 238 g/mol. The molecule has 0 unspecified atom stereocenters. The van der Waals surface area contributed by atoms with Crippen LogP contribution in [0.2, 0.25) is 0 Å². The van der Waals surface area contributed by atoms with E-state index < -0.39 is 10.0 Å². The molecule has 6 heteroatoms. The number of rotatable bonds is 3. The molecule has 0 spiro atoms. The molecule has 17 heavy (non-hydrogen) atoms. The molecule has 5 nitrogen and oxygen atoms in total. The Balaban J connectivity index is 2.11. The van der Waals surface area contributed by atoms with Gasteiger partial charge in [-0.3, -0.25) is 4.68 Å². The van der Waals surface area contributed by atoms with Crippen molar-refractivity contribution in [2.75, 3.05) is 0 Å². The number of sulfonamides is 1. The number of nitrogens with zero attached hydrogens (tertiary/aromatic N) is 2. The van der Waals surface area contributed by atoms with Gasteiger partial charge < -0.3 is 0 Å². The first kappa shape index (κ1) is 12.6. The second kappa shape index (κ2) is 4.78. The van der Waals surface area contributed by atoms with E-state index in [1.807, 2.05) is 0 Å². The van der Waals surface area contributed by atoms with Crippen molar-refractivity contribution in [3.05, 3.63) is 12.4 Å². The molecule has 1 aromatic heterocycles. The van der Waals surface area contributed by atoms with Gasteiger partial charge in [0, 0.05) is 19.3 Å². The Kier molecular flexibility index (Phi) is 3.53. The standard InChI is InChI=1S/C11H19N3O2S/c1-9-5-3-4-6-11(9)13-17(15,16)10-7-12-14(2)8-10/h7-9,11,13H,3-6H2,1-2H3/t9-,11+/m1/s1. The summed E-state index contributed by atoms with van der Waals surface area (Å²) in [7, 11) is -1.69. The van der Waals surface area contributed by atoms with Crippen LogP contribution in [0.1, 0.15) is 32.6 Å². The van der Waals surface area contributed by atoms with Crippen LogP contribution in [0.3, 0.4) is 0 Å². The van der Waals surface area contributed by atoms with Gasteiger partial charge in [-0.1, -0.05) is 19.8 Å². The van der Waals surface area contributed by atoms with Crippen molar-refractivity contribution >= 4 is 10.0 Å². The average molecular weight is 257 g/mol. The zero-order chi connectivity index (χ0) is 12.5. The van der Waals surface area contributed by atoms with Crippen LogP contribution >= 0.6 is 0 Å². The summed E-state index contributed by atoms with van der Waals surface area (Å²) in [5, 5.41) is 3.89. The molecule has 0 saturated heterocycles. The first-order valence-electron chi connectivity index (χ1n) is 6.00. The van der Waals surface area contributed by atoms with Gasteiger partial charge in [0.05, 0.1) is 6.20 Å². The van der Waals surface area contributed by atoms with Gasteiger partial charge in [-0.15, -0.1) is 0 Å². The second-order valence-electron chi connectivity index (χ2n) is 4.84. The van der Waals surface area contributed by atoms with Gasteiger partial charge in [-0.05, 0) is 18.8 Å². The minimum Gasteiger partial charge on any atom is -0.274 e. The quantitative estimate of drug-likeness (QED) is 0.887. The normalized spacial score (nSPS) is 26.0. The Morgan fingerprint density at radius 3 is 2.71 bits per heavy atom. The number of aromatic nitrogens is 2. The number of hydrogen-bond acceptors (Lipinski definition) is 3. The molecule has 1 aromatic rings. The molecule has 1 aliphatic rings. The molecule has 1 fully saturated rings. The summed E-state index contributed by atoms with van der Waals surface area (Å²) in [6, 6.07) is 0.0638. The molecule has 0 amide bonds. The lowest BCUT2D eigenvalue weighted by atomic mass is 9.87. The maximum atomic E-state index is 12.1. The fourth-order valence-electron chi connectivity index (χ4n) is 2.30. The van der Waals surface area contributed by atoms with Crippen LogP contribution in [0.15, 0.2) is 17.3 Å². The number of nitrogens with one attached hydrogen (secondary N) is 1. The SMILES string of the molecule is C[C@@H]1CCCC[C@@H]1NS(=O)(=O)c1cnn(C)c1. The maximum Gasteiger partial charge on any atom is 0.243 e. The summed E-state index contributed by atoms with van der Waals surface area (Å²) in [5.74, 6) is 0.412. The third-order valence-corrected chi connectivity index (χ3v) is 4.85. The van der Waals surface area contributed by atoms with Crippen LogP contribution in [0, 0.1) is 5.92 Å². The molecule has 0 radical (unpaired) electrons.